The molecule has 124 valence electrons. The molecule has 0 bridgehead atoms. The summed E-state index contributed by atoms with van der Waals surface area (Å²) in [7, 11) is 0. The first-order chi connectivity index (χ1) is 11.6. The second-order valence-electron chi connectivity index (χ2n) is 4.80. The molecule has 2 aromatic heterocycles. The van der Waals surface area contributed by atoms with Crippen molar-refractivity contribution >= 4 is 46.4 Å². The van der Waals surface area contributed by atoms with Crippen LogP contribution in [0.25, 0.3) is 11.2 Å². The summed E-state index contributed by atoms with van der Waals surface area (Å²) in [5.41, 5.74) is 7.25. The Hall–Kier alpha value is -2.32. The van der Waals surface area contributed by atoms with Crippen molar-refractivity contribution in [1.29, 1.82) is 0 Å². The lowest BCUT2D eigenvalue weighted by atomic mass is 10.2. The van der Waals surface area contributed by atoms with Crippen molar-refractivity contribution in [2.24, 2.45) is 0 Å². The Labute approximate surface area is 147 Å². The van der Waals surface area contributed by atoms with Gasteiger partial charge in [-0.1, -0.05) is 29.8 Å². The first kappa shape index (κ1) is 16.5. The van der Waals surface area contributed by atoms with Crippen LogP contribution < -0.4 is 5.73 Å². The lowest BCUT2D eigenvalue weighted by molar-refractivity contribution is 0.0530. The van der Waals surface area contributed by atoms with Crippen molar-refractivity contribution in [3.05, 3.63) is 47.4 Å². The van der Waals surface area contributed by atoms with Gasteiger partial charge < -0.3 is 15.0 Å². The highest BCUT2D eigenvalue weighted by Crippen LogP contribution is 2.21. The van der Waals surface area contributed by atoms with Crippen LogP contribution in [-0.2, 0) is 10.6 Å². The number of esters is 1. The zero-order valence-corrected chi connectivity index (χ0v) is 14.1. The van der Waals surface area contributed by atoms with Gasteiger partial charge >= 0.3 is 5.97 Å². The standard InChI is InChI=1S/C15H14ClN5O2S/c16-12-11-13(20-15(17)19-12)21(8-18-11)9-24-7-6-23-14(22)10-4-2-1-3-5-10/h1-5,8H,6-7,9H2,(H2,17,19,20). The minimum Gasteiger partial charge on any atom is -0.461 e. The van der Waals surface area contributed by atoms with Crippen LogP contribution in [0.3, 0.4) is 0 Å². The molecule has 2 heterocycles. The summed E-state index contributed by atoms with van der Waals surface area (Å²) in [4.78, 5) is 24.0. The van der Waals surface area contributed by atoms with Crippen LogP contribution in [0.4, 0.5) is 5.95 Å². The van der Waals surface area contributed by atoms with Crippen LogP contribution in [0.15, 0.2) is 36.7 Å². The average molecular weight is 364 g/mol. The van der Waals surface area contributed by atoms with Crippen LogP contribution in [0.5, 0.6) is 0 Å². The van der Waals surface area contributed by atoms with E-state index >= 15 is 0 Å². The molecule has 2 N–H and O–H groups in total. The molecule has 3 aromatic rings. The largest absolute Gasteiger partial charge is 0.461 e. The molecule has 0 unspecified atom stereocenters. The Morgan fingerprint density at radius 3 is 2.88 bits per heavy atom. The van der Waals surface area contributed by atoms with Gasteiger partial charge in [0.15, 0.2) is 10.8 Å². The molecule has 3 rings (SSSR count). The highest BCUT2D eigenvalue weighted by Gasteiger charge is 2.10. The lowest BCUT2D eigenvalue weighted by Crippen LogP contribution is -2.08. The highest BCUT2D eigenvalue weighted by atomic mass is 35.5. The van der Waals surface area contributed by atoms with Gasteiger partial charge in [0.25, 0.3) is 0 Å². The van der Waals surface area contributed by atoms with E-state index in [1.54, 1.807) is 42.4 Å². The Bertz CT molecular complexity index is 856. The Balaban J connectivity index is 1.50. The van der Waals surface area contributed by atoms with Crippen LogP contribution in [0.2, 0.25) is 5.15 Å². The second kappa shape index (κ2) is 7.50. The number of hydrogen-bond donors (Lipinski definition) is 1. The zero-order valence-electron chi connectivity index (χ0n) is 12.6. The number of carbonyl (C=O) groups is 1. The van der Waals surface area contributed by atoms with Gasteiger partial charge in [0, 0.05) is 5.75 Å². The maximum atomic E-state index is 11.8. The van der Waals surface area contributed by atoms with Crippen molar-refractivity contribution < 1.29 is 9.53 Å². The number of rotatable bonds is 6. The first-order valence-corrected chi connectivity index (χ1v) is 8.62. The summed E-state index contributed by atoms with van der Waals surface area (Å²) >= 11 is 7.56. The number of thioether (sulfide) groups is 1. The number of aromatic nitrogens is 4. The molecular weight excluding hydrogens is 350 g/mol. The monoisotopic (exact) mass is 363 g/mol. The predicted molar refractivity (Wildman–Crippen MR) is 93.9 cm³/mol. The molecule has 0 saturated heterocycles. The fourth-order valence-electron chi connectivity index (χ4n) is 2.03. The predicted octanol–water partition coefficient (Wildman–Crippen LogP) is 2.61. The van der Waals surface area contributed by atoms with Crippen LogP contribution in [0, 0.1) is 0 Å². The number of imidazole rings is 1. The zero-order chi connectivity index (χ0) is 16.9. The van der Waals surface area contributed by atoms with Gasteiger partial charge in [-0.2, -0.15) is 9.97 Å². The minimum absolute atomic E-state index is 0.107. The molecular formula is C15H14ClN5O2S. The number of nitrogens with zero attached hydrogens (tertiary/aromatic N) is 4. The van der Waals surface area contributed by atoms with E-state index in [1.807, 2.05) is 10.6 Å². The number of anilines is 1. The molecule has 1 aromatic carbocycles. The van der Waals surface area contributed by atoms with E-state index in [0.29, 0.717) is 35.0 Å². The molecule has 0 radical (unpaired) electrons. The highest BCUT2D eigenvalue weighted by molar-refractivity contribution is 7.98. The molecule has 0 fully saturated rings. The van der Waals surface area contributed by atoms with E-state index in [2.05, 4.69) is 15.0 Å². The van der Waals surface area contributed by atoms with Crippen LogP contribution in [0.1, 0.15) is 10.4 Å². The van der Waals surface area contributed by atoms with Gasteiger partial charge in [0.1, 0.15) is 12.1 Å². The molecule has 0 amide bonds. The average Bonchev–Trinajstić information content (AvgIpc) is 2.98. The SMILES string of the molecule is Nc1nc(Cl)c2ncn(CSCCOC(=O)c3ccccc3)c2n1. The van der Waals surface area contributed by atoms with Crippen molar-refractivity contribution in [3.63, 3.8) is 0 Å². The maximum absolute atomic E-state index is 11.8. The van der Waals surface area contributed by atoms with Gasteiger partial charge in [-0.3, -0.25) is 0 Å². The van der Waals surface area contributed by atoms with Crippen LogP contribution >= 0.6 is 23.4 Å². The van der Waals surface area contributed by atoms with E-state index in [1.165, 1.54) is 0 Å². The maximum Gasteiger partial charge on any atom is 0.338 e. The fraction of sp³-hybridized carbons (Fsp3) is 0.200. The minimum atomic E-state index is -0.323. The molecule has 0 aliphatic carbocycles. The van der Waals surface area contributed by atoms with Crippen molar-refractivity contribution in [1.82, 2.24) is 19.5 Å². The van der Waals surface area contributed by atoms with Crippen LogP contribution in [-0.4, -0.2) is 37.8 Å². The summed E-state index contributed by atoms with van der Waals surface area (Å²) in [5.74, 6) is 1.02. The third-order valence-electron chi connectivity index (χ3n) is 3.14. The summed E-state index contributed by atoms with van der Waals surface area (Å²) in [6, 6.07) is 8.90. The number of carbonyl (C=O) groups excluding carboxylic acids is 1. The van der Waals surface area contributed by atoms with Gasteiger partial charge in [-0.25, -0.2) is 9.78 Å². The number of nitrogens with two attached hydrogens (primary N) is 1. The Kier molecular flexibility index (Phi) is 5.17. The van der Waals surface area contributed by atoms with Gasteiger partial charge in [0.05, 0.1) is 17.8 Å². The Morgan fingerprint density at radius 2 is 2.08 bits per heavy atom. The quantitative estimate of drug-likeness (QED) is 0.408. The number of ether oxygens (including phenoxy) is 1. The third kappa shape index (κ3) is 3.77. The van der Waals surface area contributed by atoms with E-state index in [0.717, 1.165) is 0 Å². The van der Waals surface area contributed by atoms with Crippen molar-refractivity contribution in [2.45, 2.75) is 5.88 Å². The van der Waals surface area contributed by atoms with E-state index in [9.17, 15) is 4.79 Å². The Morgan fingerprint density at radius 1 is 1.29 bits per heavy atom. The molecule has 9 heteroatoms. The van der Waals surface area contributed by atoms with Gasteiger partial charge in [-0.15, -0.1) is 11.8 Å². The van der Waals surface area contributed by atoms with E-state index in [4.69, 9.17) is 22.1 Å². The number of hydrogen-bond acceptors (Lipinski definition) is 7. The number of benzene rings is 1. The summed E-state index contributed by atoms with van der Waals surface area (Å²) in [6.07, 6.45) is 1.63. The lowest BCUT2D eigenvalue weighted by Gasteiger charge is -2.06. The fourth-order valence-corrected chi connectivity index (χ4v) is 2.97. The smallest absolute Gasteiger partial charge is 0.338 e. The molecule has 0 saturated carbocycles. The molecule has 0 aliphatic rings. The molecule has 0 atom stereocenters. The summed E-state index contributed by atoms with van der Waals surface area (Å²) in [5, 5.41) is 0.234. The van der Waals surface area contributed by atoms with E-state index in [-0.39, 0.29) is 17.1 Å². The second-order valence-corrected chi connectivity index (χ2v) is 6.23. The third-order valence-corrected chi connectivity index (χ3v) is 4.32. The summed E-state index contributed by atoms with van der Waals surface area (Å²) < 4.78 is 7.04. The van der Waals surface area contributed by atoms with Crippen molar-refractivity contribution in [2.75, 3.05) is 18.1 Å². The first-order valence-electron chi connectivity index (χ1n) is 7.09. The molecule has 7 nitrogen and oxygen atoms in total. The van der Waals surface area contributed by atoms with Gasteiger partial charge in [-0.05, 0) is 12.1 Å². The molecule has 0 spiro atoms. The molecule has 0 aliphatic heterocycles. The topological polar surface area (TPSA) is 95.9 Å². The summed E-state index contributed by atoms with van der Waals surface area (Å²) in [6.45, 7) is 0.322. The van der Waals surface area contributed by atoms with E-state index < -0.39 is 0 Å². The normalized spacial score (nSPS) is 10.9. The van der Waals surface area contributed by atoms with Gasteiger partial charge in [0.2, 0.25) is 5.95 Å². The van der Waals surface area contributed by atoms with Crippen molar-refractivity contribution in [3.8, 4) is 0 Å². The molecule has 24 heavy (non-hydrogen) atoms. The number of fused-ring (bicyclic) bond motifs is 1. The number of nitrogen functional groups attached to an aromatic ring is 1. The number of halogens is 1.